The molecule has 0 radical (unpaired) electrons. The Bertz CT molecular complexity index is 1130. The van der Waals surface area contributed by atoms with E-state index in [2.05, 4.69) is 16.4 Å². The molecule has 2 aromatic carbocycles. The van der Waals surface area contributed by atoms with E-state index < -0.39 is 0 Å². The van der Waals surface area contributed by atoms with Gasteiger partial charge in [-0.1, -0.05) is 35.9 Å². The van der Waals surface area contributed by atoms with Crippen molar-refractivity contribution >= 4 is 29.0 Å². The van der Waals surface area contributed by atoms with Crippen molar-refractivity contribution in [3.05, 3.63) is 83.6 Å². The summed E-state index contributed by atoms with van der Waals surface area (Å²) < 4.78 is 0. The second kappa shape index (κ2) is 7.87. The van der Waals surface area contributed by atoms with E-state index in [1.54, 1.807) is 28.1 Å². The molecule has 1 unspecified atom stereocenters. The number of fused-ring (bicyclic) bond motifs is 1. The Kier molecular flexibility index (Phi) is 4.90. The number of nitrogens with one attached hydrogen (secondary N) is 1. The van der Waals surface area contributed by atoms with Gasteiger partial charge in [-0.05, 0) is 55.7 Å². The van der Waals surface area contributed by atoms with Crippen LogP contribution in [0.15, 0.2) is 66.9 Å². The predicted octanol–water partition coefficient (Wildman–Crippen LogP) is 3.81. The Labute approximate surface area is 181 Å². The smallest absolute Gasteiger partial charge is 0.259 e. The highest BCUT2D eigenvalue weighted by molar-refractivity contribution is 6.07. The highest BCUT2D eigenvalue weighted by Crippen LogP contribution is 2.29. The van der Waals surface area contributed by atoms with Crippen molar-refractivity contribution in [3.63, 3.8) is 0 Å². The van der Waals surface area contributed by atoms with E-state index in [4.69, 9.17) is 0 Å². The van der Waals surface area contributed by atoms with Crippen LogP contribution in [0, 0.1) is 6.92 Å². The highest BCUT2D eigenvalue weighted by atomic mass is 16.2. The van der Waals surface area contributed by atoms with E-state index >= 15 is 0 Å². The average molecular weight is 412 g/mol. The molecule has 2 aliphatic heterocycles. The van der Waals surface area contributed by atoms with Gasteiger partial charge in [0.15, 0.2) is 0 Å². The lowest BCUT2D eigenvalue weighted by Gasteiger charge is -2.18. The Morgan fingerprint density at radius 1 is 1.03 bits per heavy atom. The van der Waals surface area contributed by atoms with Gasteiger partial charge in [0.2, 0.25) is 5.91 Å². The summed E-state index contributed by atoms with van der Waals surface area (Å²) in [4.78, 5) is 33.8. The lowest BCUT2D eigenvalue weighted by atomic mass is 10.2. The van der Waals surface area contributed by atoms with E-state index in [9.17, 15) is 9.59 Å². The number of amides is 2. The van der Waals surface area contributed by atoms with Gasteiger partial charge in [-0.2, -0.15) is 0 Å². The maximum Gasteiger partial charge on any atom is 0.259 e. The van der Waals surface area contributed by atoms with Crippen molar-refractivity contribution in [3.8, 4) is 0 Å². The number of aryl methyl sites for hydroxylation is 1. The fourth-order valence-corrected chi connectivity index (χ4v) is 4.28. The van der Waals surface area contributed by atoms with E-state index in [-0.39, 0.29) is 17.9 Å². The maximum absolute atomic E-state index is 12.9. The number of hydrogen-bond donors (Lipinski definition) is 1. The SMILES string of the molecule is Cc1ccc(N2CCC(Nc3ccc(C(=O)N4CCc5ccccc54)cn3)C2=O)cc1. The van der Waals surface area contributed by atoms with Crippen LogP contribution in [0.5, 0.6) is 0 Å². The molecule has 1 aromatic heterocycles. The molecule has 0 spiro atoms. The molecular formula is C25H24N4O2. The standard InChI is InChI=1S/C25H24N4O2/c1-17-6-9-20(10-7-17)28-15-13-21(25(28)31)27-23-11-8-19(16-26-23)24(30)29-14-12-18-4-2-3-5-22(18)29/h2-11,16,21H,12-15H2,1H3,(H,26,27). The minimum Gasteiger partial charge on any atom is -0.358 e. The van der Waals surface area contributed by atoms with E-state index in [1.807, 2.05) is 49.4 Å². The molecule has 0 aliphatic carbocycles. The predicted molar refractivity (Wildman–Crippen MR) is 122 cm³/mol. The number of carbonyl (C=O) groups excluding carboxylic acids is 2. The van der Waals surface area contributed by atoms with Gasteiger partial charge in [0.25, 0.3) is 5.91 Å². The first-order valence-electron chi connectivity index (χ1n) is 10.6. The Morgan fingerprint density at radius 2 is 1.84 bits per heavy atom. The molecule has 1 N–H and O–H groups in total. The van der Waals surface area contributed by atoms with Gasteiger partial charge in [0.1, 0.15) is 11.9 Å². The van der Waals surface area contributed by atoms with E-state index in [1.165, 1.54) is 11.1 Å². The monoisotopic (exact) mass is 412 g/mol. The minimum absolute atomic E-state index is 0.0412. The van der Waals surface area contributed by atoms with Gasteiger partial charge in [-0.3, -0.25) is 9.59 Å². The second-order valence-corrected chi connectivity index (χ2v) is 8.08. The number of benzene rings is 2. The molecule has 31 heavy (non-hydrogen) atoms. The molecule has 0 saturated carbocycles. The van der Waals surface area contributed by atoms with Crippen LogP contribution in [0.4, 0.5) is 17.2 Å². The third kappa shape index (κ3) is 3.65. The molecule has 1 fully saturated rings. The highest BCUT2D eigenvalue weighted by Gasteiger charge is 2.33. The van der Waals surface area contributed by atoms with Crippen LogP contribution >= 0.6 is 0 Å². The van der Waals surface area contributed by atoms with Crippen molar-refractivity contribution in [1.82, 2.24) is 4.98 Å². The van der Waals surface area contributed by atoms with Crippen LogP contribution < -0.4 is 15.1 Å². The summed E-state index contributed by atoms with van der Waals surface area (Å²) in [6, 6.07) is 19.2. The maximum atomic E-state index is 12.9. The molecule has 2 amide bonds. The Morgan fingerprint density at radius 3 is 2.61 bits per heavy atom. The van der Waals surface area contributed by atoms with Gasteiger partial charge in [0.05, 0.1) is 5.56 Å². The molecule has 6 nitrogen and oxygen atoms in total. The summed E-state index contributed by atoms with van der Waals surface area (Å²) in [6.07, 6.45) is 3.17. The van der Waals surface area contributed by atoms with E-state index in [0.717, 1.165) is 17.8 Å². The van der Waals surface area contributed by atoms with Crippen molar-refractivity contribution < 1.29 is 9.59 Å². The molecule has 3 heterocycles. The fraction of sp³-hybridized carbons (Fsp3) is 0.240. The zero-order valence-electron chi connectivity index (χ0n) is 17.4. The number of aromatic nitrogens is 1. The third-order valence-electron chi connectivity index (χ3n) is 6.02. The zero-order valence-corrected chi connectivity index (χ0v) is 17.4. The zero-order chi connectivity index (χ0) is 21.4. The molecule has 3 aromatic rings. The second-order valence-electron chi connectivity index (χ2n) is 8.08. The van der Waals surface area contributed by atoms with Gasteiger partial charge < -0.3 is 15.1 Å². The summed E-state index contributed by atoms with van der Waals surface area (Å²) in [5.74, 6) is 0.591. The van der Waals surface area contributed by atoms with Crippen LogP contribution in [0.25, 0.3) is 0 Å². The molecule has 1 saturated heterocycles. The lowest BCUT2D eigenvalue weighted by Crippen LogP contribution is -2.33. The van der Waals surface area contributed by atoms with Gasteiger partial charge in [0, 0.05) is 30.7 Å². The molecule has 1 atom stereocenters. The summed E-state index contributed by atoms with van der Waals surface area (Å²) >= 11 is 0. The summed E-state index contributed by atoms with van der Waals surface area (Å²) in [5, 5.41) is 3.23. The van der Waals surface area contributed by atoms with Crippen LogP contribution in [-0.4, -0.2) is 35.9 Å². The number of anilines is 3. The largest absolute Gasteiger partial charge is 0.358 e. The van der Waals surface area contributed by atoms with Crippen LogP contribution in [-0.2, 0) is 11.2 Å². The van der Waals surface area contributed by atoms with Gasteiger partial charge in [-0.25, -0.2) is 4.98 Å². The Hall–Kier alpha value is -3.67. The van der Waals surface area contributed by atoms with Crippen LogP contribution in [0.2, 0.25) is 0 Å². The molecular weight excluding hydrogens is 388 g/mol. The number of nitrogens with zero attached hydrogens (tertiary/aromatic N) is 3. The molecule has 156 valence electrons. The molecule has 0 bridgehead atoms. The average Bonchev–Trinajstić information content (AvgIpc) is 3.38. The van der Waals surface area contributed by atoms with Crippen molar-refractivity contribution in [2.24, 2.45) is 0 Å². The molecule has 5 rings (SSSR count). The van der Waals surface area contributed by atoms with Crippen molar-refractivity contribution in [1.29, 1.82) is 0 Å². The quantitative estimate of drug-likeness (QED) is 0.708. The number of carbonyl (C=O) groups is 2. The van der Waals surface area contributed by atoms with Crippen molar-refractivity contribution in [2.75, 3.05) is 28.2 Å². The summed E-state index contributed by atoms with van der Waals surface area (Å²) in [5.41, 5.74) is 4.80. The van der Waals surface area contributed by atoms with Gasteiger partial charge >= 0.3 is 0 Å². The number of pyridine rings is 1. The first kappa shape index (κ1) is 19.3. The topological polar surface area (TPSA) is 65.5 Å². The number of para-hydroxylation sites is 1. The minimum atomic E-state index is -0.319. The Balaban J connectivity index is 1.25. The molecule has 2 aliphatic rings. The first-order chi connectivity index (χ1) is 15.1. The van der Waals surface area contributed by atoms with Crippen LogP contribution in [0.1, 0.15) is 27.9 Å². The van der Waals surface area contributed by atoms with Crippen LogP contribution in [0.3, 0.4) is 0 Å². The first-order valence-corrected chi connectivity index (χ1v) is 10.6. The molecule has 6 heteroatoms. The lowest BCUT2D eigenvalue weighted by molar-refractivity contribution is -0.117. The summed E-state index contributed by atoms with van der Waals surface area (Å²) in [7, 11) is 0. The number of hydrogen-bond acceptors (Lipinski definition) is 4. The van der Waals surface area contributed by atoms with Crippen molar-refractivity contribution in [2.45, 2.75) is 25.8 Å². The van der Waals surface area contributed by atoms with E-state index in [0.29, 0.717) is 30.9 Å². The fourth-order valence-electron chi connectivity index (χ4n) is 4.28. The number of rotatable bonds is 4. The normalized spacial score (nSPS) is 17.7. The van der Waals surface area contributed by atoms with Gasteiger partial charge in [-0.15, -0.1) is 0 Å². The third-order valence-corrected chi connectivity index (χ3v) is 6.02. The summed E-state index contributed by atoms with van der Waals surface area (Å²) in [6.45, 7) is 3.39.